The molecule has 0 unspecified atom stereocenters. The third-order valence-corrected chi connectivity index (χ3v) is 10.0. The minimum absolute atomic E-state index is 0.0615. The molecule has 0 atom stereocenters. The molecule has 0 bridgehead atoms. The minimum Gasteiger partial charge on any atom is -0.368 e. The predicted molar refractivity (Wildman–Crippen MR) is 198 cm³/mol. The number of hydrogen-bond acceptors (Lipinski definition) is 2. The van der Waals surface area contributed by atoms with Gasteiger partial charge in [0.05, 0.1) is 11.0 Å². The van der Waals surface area contributed by atoms with Gasteiger partial charge in [0.2, 0.25) is 0 Å². The molecule has 0 spiro atoms. The van der Waals surface area contributed by atoms with Crippen molar-refractivity contribution < 1.29 is 0 Å². The molecule has 1 aliphatic carbocycles. The summed E-state index contributed by atoms with van der Waals surface area (Å²) < 4.78 is 2.37. The number of nitrogens with one attached hydrogen (secondary N) is 1. The van der Waals surface area contributed by atoms with E-state index in [1.165, 1.54) is 60.9 Å². The zero-order chi connectivity index (χ0) is 31.5. The standard InChI is InChI=1S/C44H35N3/c1-44(2)39-16-8-6-14-35(39)36-25-24-34(29-40(36)44)46(43-18-10-11-27-45-43)33-22-19-30(20-23-33)31-21-26-42-38(28-31)37-15-7-9-17-41(37)47(42)32-12-4-3-5-13-32/h3-26,28-29,45H,27H2,1-2H3. The van der Waals surface area contributed by atoms with Gasteiger partial charge in [-0.2, -0.15) is 0 Å². The fourth-order valence-electron chi connectivity index (χ4n) is 7.67. The SMILES string of the molecule is CC1(C)c2ccccc2-c2ccc(N(C3=CC=CCN3)c3ccc(-c4ccc5c(c4)c4ccccc4n5-c4ccccc4)cc3)cc21. The highest BCUT2D eigenvalue weighted by molar-refractivity contribution is 6.10. The molecule has 9 rings (SSSR count). The van der Waals surface area contributed by atoms with Gasteiger partial charge in [-0.25, -0.2) is 0 Å². The Hall–Kier alpha value is -5.80. The van der Waals surface area contributed by atoms with Crippen LogP contribution in [0, 0.1) is 0 Å². The van der Waals surface area contributed by atoms with Gasteiger partial charge in [-0.1, -0.05) is 111 Å². The molecule has 0 amide bonds. The quantitative estimate of drug-likeness (QED) is 0.211. The van der Waals surface area contributed by atoms with Crippen molar-refractivity contribution in [1.82, 2.24) is 9.88 Å². The highest BCUT2D eigenvalue weighted by Crippen LogP contribution is 2.50. The van der Waals surface area contributed by atoms with E-state index in [-0.39, 0.29) is 5.41 Å². The molecular weight excluding hydrogens is 571 g/mol. The number of nitrogens with zero attached hydrogens (tertiary/aromatic N) is 2. The zero-order valence-corrected chi connectivity index (χ0v) is 26.6. The maximum atomic E-state index is 3.62. The van der Waals surface area contributed by atoms with Crippen molar-refractivity contribution in [1.29, 1.82) is 0 Å². The van der Waals surface area contributed by atoms with Crippen molar-refractivity contribution in [2.75, 3.05) is 11.4 Å². The predicted octanol–water partition coefficient (Wildman–Crippen LogP) is 10.9. The number of rotatable bonds is 5. The lowest BCUT2D eigenvalue weighted by atomic mass is 9.82. The van der Waals surface area contributed by atoms with E-state index in [1.54, 1.807) is 0 Å². The van der Waals surface area contributed by atoms with Crippen LogP contribution >= 0.6 is 0 Å². The third kappa shape index (κ3) is 4.34. The van der Waals surface area contributed by atoms with Crippen LogP contribution in [0.4, 0.5) is 11.4 Å². The molecule has 3 heteroatoms. The molecule has 0 radical (unpaired) electrons. The first-order valence-electron chi connectivity index (χ1n) is 16.4. The van der Waals surface area contributed by atoms with E-state index < -0.39 is 0 Å². The Morgan fingerprint density at radius 1 is 0.596 bits per heavy atom. The van der Waals surface area contributed by atoms with Gasteiger partial charge >= 0.3 is 0 Å². The van der Waals surface area contributed by atoms with E-state index in [2.05, 4.69) is 186 Å². The Kier molecular flexibility index (Phi) is 6.23. The van der Waals surface area contributed by atoms with E-state index in [4.69, 9.17) is 0 Å². The molecular formula is C44H35N3. The molecule has 0 fully saturated rings. The summed E-state index contributed by atoms with van der Waals surface area (Å²) in [7, 11) is 0. The van der Waals surface area contributed by atoms with Gasteiger partial charge in [0.25, 0.3) is 0 Å². The van der Waals surface area contributed by atoms with Crippen molar-refractivity contribution in [3.63, 3.8) is 0 Å². The number of benzene rings is 6. The van der Waals surface area contributed by atoms with Gasteiger partial charge < -0.3 is 9.88 Å². The Labute approximate surface area is 275 Å². The highest BCUT2D eigenvalue weighted by Gasteiger charge is 2.35. The van der Waals surface area contributed by atoms with E-state index >= 15 is 0 Å². The van der Waals surface area contributed by atoms with Gasteiger partial charge in [0.15, 0.2) is 0 Å². The van der Waals surface area contributed by atoms with Gasteiger partial charge in [0.1, 0.15) is 5.82 Å². The molecule has 6 aromatic carbocycles. The van der Waals surface area contributed by atoms with Gasteiger partial charge in [0, 0.05) is 39.8 Å². The lowest BCUT2D eigenvalue weighted by Crippen LogP contribution is -2.30. The van der Waals surface area contributed by atoms with Crippen LogP contribution in [0.25, 0.3) is 49.7 Å². The first kappa shape index (κ1) is 27.5. The molecule has 1 aliphatic heterocycles. The Balaban J connectivity index is 1.12. The zero-order valence-electron chi connectivity index (χ0n) is 26.6. The summed E-state index contributed by atoms with van der Waals surface area (Å²) >= 11 is 0. The first-order chi connectivity index (χ1) is 23.1. The van der Waals surface area contributed by atoms with Gasteiger partial charge in [-0.3, -0.25) is 4.90 Å². The van der Waals surface area contributed by atoms with Gasteiger partial charge in [-0.05, 0) is 94.1 Å². The average Bonchev–Trinajstić information content (AvgIpc) is 3.58. The van der Waals surface area contributed by atoms with Crippen LogP contribution in [0.5, 0.6) is 0 Å². The second kappa shape index (κ2) is 10.6. The van der Waals surface area contributed by atoms with Crippen molar-refractivity contribution in [3.05, 3.63) is 175 Å². The fourth-order valence-corrected chi connectivity index (χ4v) is 7.67. The van der Waals surface area contributed by atoms with Crippen molar-refractivity contribution in [3.8, 4) is 27.9 Å². The van der Waals surface area contributed by atoms with Crippen LogP contribution in [-0.2, 0) is 5.41 Å². The third-order valence-electron chi connectivity index (χ3n) is 10.0. The van der Waals surface area contributed by atoms with Crippen LogP contribution in [-0.4, -0.2) is 11.1 Å². The molecule has 2 aliphatic rings. The van der Waals surface area contributed by atoms with Crippen LogP contribution in [0.15, 0.2) is 164 Å². The highest BCUT2D eigenvalue weighted by atomic mass is 15.2. The number of para-hydroxylation sites is 2. The van der Waals surface area contributed by atoms with E-state index in [1.807, 2.05) is 0 Å². The summed E-state index contributed by atoms with van der Waals surface area (Å²) in [6.07, 6.45) is 6.46. The Bertz CT molecular complexity index is 2370. The molecule has 0 saturated carbocycles. The van der Waals surface area contributed by atoms with Crippen molar-refractivity contribution in [2.45, 2.75) is 19.3 Å². The fraction of sp³-hybridized carbons (Fsp3) is 0.0909. The number of dihydropyridines is 1. The lowest BCUT2D eigenvalue weighted by molar-refractivity contribution is 0.660. The van der Waals surface area contributed by atoms with Crippen LogP contribution in [0.3, 0.4) is 0 Å². The molecule has 1 N–H and O–H groups in total. The van der Waals surface area contributed by atoms with E-state index in [9.17, 15) is 0 Å². The number of fused-ring (bicyclic) bond motifs is 6. The monoisotopic (exact) mass is 605 g/mol. The van der Waals surface area contributed by atoms with Crippen molar-refractivity contribution >= 4 is 33.2 Å². The first-order valence-corrected chi connectivity index (χ1v) is 16.4. The molecule has 1 aromatic heterocycles. The maximum Gasteiger partial charge on any atom is 0.111 e. The Morgan fingerprint density at radius 3 is 2.13 bits per heavy atom. The summed E-state index contributed by atoms with van der Waals surface area (Å²) in [5.74, 6) is 1.07. The molecule has 226 valence electrons. The summed E-state index contributed by atoms with van der Waals surface area (Å²) in [6, 6.07) is 51.0. The lowest BCUT2D eigenvalue weighted by Gasteiger charge is -2.31. The number of aromatic nitrogens is 1. The van der Waals surface area contributed by atoms with Crippen LogP contribution in [0.1, 0.15) is 25.0 Å². The second-order valence-corrected chi connectivity index (χ2v) is 13.1. The Morgan fingerprint density at radius 2 is 1.30 bits per heavy atom. The minimum atomic E-state index is -0.0615. The molecule has 7 aromatic rings. The molecule has 2 heterocycles. The number of anilines is 2. The molecule has 47 heavy (non-hydrogen) atoms. The summed E-state index contributed by atoms with van der Waals surface area (Å²) in [5, 5.41) is 6.15. The summed E-state index contributed by atoms with van der Waals surface area (Å²) in [5.41, 5.74) is 13.7. The van der Waals surface area contributed by atoms with Crippen LogP contribution < -0.4 is 10.2 Å². The average molecular weight is 606 g/mol. The van der Waals surface area contributed by atoms with E-state index in [0.717, 1.165) is 23.7 Å². The summed E-state index contributed by atoms with van der Waals surface area (Å²) in [6.45, 7) is 5.49. The topological polar surface area (TPSA) is 20.2 Å². The molecule has 3 nitrogen and oxygen atoms in total. The molecule has 0 saturated heterocycles. The largest absolute Gasteiger partial charge is 0.368 e. The summed E-state index contributed by atoms with van der Waals surface area (Å²) in [4.78, 5) is 2.35. The van der Waals surface area contributed by atoms with Crippen molar-refractivity contribution in [2.24, 2.45) is 0 Å². The second-order valence-electron chi connectivity index (χ2n) is 13.1. The normalized spacial score (nSPS) is 14.5. The number of allylic oxidation sites excluding steroid dienone is 2. The smallest absolute Gasteiger partial charge is 0.111 e. The maximum absolute atomic E-state index is 3.62. The van der Waals surface area contributed by atoms with E-state index in [0.29, 0.717) is 0 Å². The van der Waals surface area contributed by atoms with Crippen LogP contribution in [0.2, 0.25) is 0 Å². The van der Waals surface area contributed by atoms with Gasteiger partial charge in [-0.15, -0.1) is 0 Å². The number of hydrogen-bond donors (Lipinski definition) is 1.